The Hall–Kier alpha value is -1.02. The van der Waals surface area contributed by atoms with E-state index in [4.69, 9.17) is 0 Å². The average molecular weight is 235 g/mol. The molecule has 0 aromatic heterocycles. The number of aliphatic hydroxyl groups excluding tert-OH is 1. The van der Waals surface area contributed by atoms with Crippen LogP contribution in [0, 0.1) is 19.3 Å². The van der Waals surface area contributed by atoms with E-state index in [1.54, 1.807) is 0 Å². The standard InChI is InChI=1S/C15H25NO/c1-6-15(4,11-17)10-16(5)14-8-7-12(2)9-13(14)3/h7-9,17H,6,10-11H2,1-5H3. The molecule has 0 radical (unpaired) electrons. The van der Waals surface area contributed by atoms with Gasteiger partial charge in [0.1, 0.15) is 0 Å². The summed E-state index contributed by atoms with van der Waals surface area (Å²) in [5.41, 5.74) is 3.82. The molecule has 0 saturated heterocycles. The lowest BCUT2D eigenvalue weighted by Crippen LogP contribution is -2.36. The molecule has 0 aliphatic rings. The lowest BCUT2D eigenvalue weighted by atomic mass is 9.88. The molecule has 1 rings (SSSR count). The van der Waals surface area contributed by atoms with Crippen LogP contribution in [-0.2, 0) is 0 Å². The van der Waals surface area contributed by atoms with E-state index in [9.17, 15) is 5.11 Å². The SMILES string of the molecule is CCC(C)(CO)CN(C)c1ccc(C)cc1C. The van der Waals surface area contributed by atoms with Gasteiger partial charge >= 0.3 is 0 Å². The van der Waals surface area contributed by atoms with E-state index in [0.717, 1.165) is 13.0 Å². The van der Waals surface area contributed by atoms with Crippen LogP contribution in [0.4, 0.5) is 5.69 Å². The second-order valence-electron chi connectivity index (χ2n) is 5.47. The van der Waals surface area contributed by atoms with Crippen LogP contribution in [0.3, 0.4) is 0 Å². The maximum Gasteiger partial charge on any atom is 0.0501 e. The third kappa shape index (κ3) is 3.47. The first kappa shape index (κ1) is 14.0. The van der Waals surface area contributed by atoms with Crippen LogP contribution in [-0.4, -0.2) is 25.3 Å². The van der Waals surface area contributed by atoms with Gasteiger partial charge in [-0.2, -0.15) is 0 Å². The third-order valence-electron chi connectivity index (χ3n) is 3.62. The quantitative estimate of drug-likeness (QED) is 0.847. The molecule has 0 spiro atoms. The molecule has 0 aliphatic carbocycles. The second-order valence-corrected chi connectivity index (χ2v) is 5.47. The van der Waals surface area contributed by atoms with Crippen LogP contribution in [0.25, 0.3) is 0 Å². The number of aryl methyl sites for hydroxylation is 2. The van der Waals surface area contributed by atoms with E-state index >= 15 is 0 Å². The summed E-state index contributed by atoms with van der Waals surface area (Å²) in [6.45, 7) is 9.63. The highest BCUT2D eigenvalue weighted by Gasteiger charge is 2.23. The van der Waals surface area contributed by atoms with Gasteiger partial charge < -0.3 is 10.0 Å². The van der Waals surface area contributed by atoms with Crippen LogP contribution in [0.15, 0.2) is 18.2 Å². The molecule has 0 aliphatic heterocycles. The Balaban J connectivity index is 2.86. The van der Waals surface area contributed by atoms with Gasteiger partial charge in [0.2, 0.25) is 0 Å². The largest absolute Gasteiger partial charge is 0.396 e. The summed E-state index contributed by atoms with van der Waals surface area (Å²) in [6.07, 6.45) is 0.985. The average Bonchev–Trinajstić information content (AvgIpc) is 2.28. The molecule has 1 N–H and O–H groups in total. The number of aliphatic hydroxyl groups is 1. The summed E-state index contributed by atoms with van der Waals surface area (Å²) < 4.78 is 0. The van der Waals surface area contributed by atoms with Crippen LogP contribution in [0.2, 0.25) is 0 Å². The summed E-state index contributed by atoms with van der Waals surface area (Å²) >= 11 is 0. The molecule has 0 amide bonds. The van der Waals surface area contributed by atoms with Gasteiger partial charge in [-0.1, -0.05) is 31.5 Å². The van der Waals surface area contributed by atoms with Crippen molar-refractivity contribution in [2.75, 3.05) is 25.1 Å². The van der Waals surface area contributed by atoms with Crippen LogP contribution in [0.5, 0.6) is 0 Å². The van der Waals surface area contributed by atoms with Crippen molar-refractivity contribution in [2.45, 2.75) is 34.1 Å². The predicted octanol–water partition coefficient (Wildman–Crippen LogP) is 3.15. The van der Waals surface area contributed by atoms with E-state index in [2.05, 4.69) is 57.8 Å². The Morgan fingerprint density at radius 2 is 1.94 bits per heavy atom. The van der Waals surface area contributed by atoms with Crippen molar-refractivity contribution >= 4 is 5.69 Å². The molecule has 2 heteroatoms. The van der Waals surface area contributed by atoms with Gasteiger partial charge in [-0.25, -0.2) is 0 Å². The number of benzene rings is 1. The summed E-state index contributed by atoms with van der Waals surface area (Å²) in [4.78, 5) is 2.24. The van der Waals surface area contributed by atoms with Crippen LogP contribution >= 0.6 is 0 Å². The lowest BCUT2D eigenvalue weighted by Gasteiger charge is -2.33. The van der Waals surface area contributed by atoms with Crippen molar-refractivity contribution in [1.82, 2.24) is 0 Å². The number of hydrogen-bond donors (Lipinski definition) is 1. The summed E-state index contributed by atoms with van der Waals surface area (Å²) in [5.74, 6) is 0. The molecule has 96 valence electrons. The van der Waals surface area contributed by atoms with Gasteiger partial charge in [-0.15, -0.1) is 0 Å². The molecule has 1 unspecified atom stereocenters. The molecule has 17 heavy (non-hydrogen) atoms. The Kier molecular flexibility index (Phi) is 4.58. The first-order valence-corrected chi connectivity index (χ1v) is 6.31. The zero-order chi connectivity index (χ0) is 13.1. The van der Waals surface area contributed by atoms with Gasteiger partial charge in [0.25, 0.3) is 0 Å². The monoisotopic (exact) mass is 235 g/mol. The Morgan fingerprint density at radius 3 is 2.41 bits per heavy atom. The third-order valence-corrected chi connectivity index (χ3v) is 3.62. The number of rotatable bonds is 5. The molecule has 1 atom stereocenters. The lowest BCUT2D eigenvalue weighted by molar-refractivity contribution is 0.144. The minimum absolute atomic E-state index is 0.0217. The first-order valence-electron chi connectivity index (χ1n) is 6.31. The predicted molar refractivity (Wildman–Crippen MR) is 74.7 cm³/mol. The van der Waals surface area contributed by atoms with Gasteiger partial charge in [-0.3, -0.25) is 0 Å². The Morgan fingerprint density at radius 1 is 1.29 bits per heavy atom. The second kappa shape index (κ2) is 5.54. The highest BCUT2D eigenvalue weighted by molar-refractivity contribution is 5.53. The minimum atomic E-state index is -0.0217. The van der Waals surface area contributed by atoms with Crippen LogP contribution in [0.1, 0.15) is 31.4 Å². The zero-order valence-corrected chi connectivity index (χ0v) is 11.7. The maximum absolute atomic E-state index is 9.47. The number of hydrogen-bond acceptors (Lipinski definition) is 2. The van der Waals surface area contributed by atoms with E-state index in [0.29, 0.717) is 0 Å². The molecule has 1 aromatic rings. The molecule has 1 aromatic carbocycles. The molecule has 0 bridgehead atoms. The molecular weight excluding hydrogens is 210 g/mol. The van der Waals surface area contributed by atoms with E-state index in [-0.39, 0.29) is 12.0 Å². The summed E-state index contributed by atoms with van der Waals surface area (Å²) in [5, 5.41) is 9.47. The van der Waals surface area contributed by atoms with Gasteiger partial charge in [-0.05, 0) is 31.9 Å². The highest BCUT2D eigenvalue weighted by atomic mass is 16.3. The number of nitrogens with zero attached hydrogens (tertiary/aromatic N) is 1. The molecule has 0 heterocycles. The van der Waals surface area contributed by atoms with Crippen molar-refractivity contribution in [3.63, 3.8) is 0 Å². The number of anilines is 1. The zero-order valence-electron chi connectivity index (χ0n) is 11.7. The smallest absolute Gasteiger partial charge is 0.0501 e. The van der Waals surface area contributed by atoms with Gasteiger partial charge in [0, 0.05) is 24.7 Å². The normalized spacial score (nSPS) is 14.5. The molecule has 2 nitrogen and oxygen atoms in total. The van der Waals surface area contributed by atoms with E-state index < -0.39 is 0 Å². The van der Waals surface area contributed by atoms with E-state index in [1.807, 2.05) is 0 Å². The van der Waals surface area contributed by atoms with E-state index in [1.165, 1.54) is 16.8 Å². The minimum Gasteiger partial charge on any atom is -0.396 e. The van der Waals surface area contributed by atoms with Gasteiger partial charge in [0.05, 0.1) is 6.61 Å². The fraction of sp³-hybridized carbons (Fsp3) is 0.600. The van der Waals surface area contributed by atoms with Crippen LogP contribution < -0.4 is 4.90 Å². The maximum atomic E-state index is 9.47. The van der Waals surface area contributed by atoms with Gasteiger partial charge in [0.15, 0.2) is 0 Å². The molecular formula is C15H25NO. The fourth-order valence-electron chi connectivity index (χ4n) is 2.17. The molecule has 0 saturated carbocycles. The van der Waals surface area contributed by atoms with Crippen molar-refractivity contribution in [3.05, 3.63) is 29.3 Å². The Labute approximate surface area is 105 Å². The summed E-state index contributed by atoms with van der Waals surface area (Å²) in [7, 11) is 2.10. The Bertz CT molecular complexity index is 369. The highest BCUT2D eigenvalue weighted by Crippen LogP contribution is 2.26. The van der Waals surface area contributed by atoms with Crippen molar-refractivity contribution in [1.29, 1.82) is 0 Å². The fourth-order valence-corrected chi connectivity index (χ4v) is 2.17. The summed E-state index contributed by atoms with van der Waals surface area (Å²) in [6, 6.07) is 6.51. The van der Waals surface area contributed by atoms with Crippen molar-refractivity contribution in [3.8, 4) is 0 Å². The van der Waals surface area contributed by atoms with Crippen molar-refractivity contribution in [2.24, 2.45) is 5.41 Å². The first-order chi connectivity index (χ1) is 7.91. The topological polar surface area (TPSA) is 23.5 Å². The molecule has 0 fully saturated rings. The van der Waals surface area contributed by atoms with Crippen molar-refractivity contribution < 1.29 is 5.11 Å².